The van der Waals surface area contributed by atoms with E-state index < -0.39 is 0 Å². The van der Waals surface area contributed by atoms with Gasteiger partial charge in [0.25, 0.3) is 0 Å². The maximum atomic E-state index is 9.92. The molecule has 0 bridgehead atoms. The fourth-order valence-electron chi connectivity index (χ4n) is 7.72. The maximum Gasteiger partial charge on any atom is 0.0998 e. The number of hydrogen-bond acceptors (Lipinski definition) is 1. The number of hydrogen-bond donors (Lipinski definition) is 0. The molecule has 2 heteroatoms. The average Bonchev–Trinajstić information content (AvgIpc) is 3.45. The average molecular weight is 569 g/mol. The monoisotopic (exact) mass is 568 g/mol. The highest BCUT2D eigenvalue weighted by Gasteiger charge is 2.20. The number of nitriles is 1. The third kappa shape index (κ3) is 3.33. The van der Waals surface area contributed by atoms with E-state index in [-0.39, 0.29) is 0 Å². The number of para-hydroxylation sites is 1. The first-order valence-electron chi connectivity index (χ1n) is 15.3. The molecule has 0 unspecified atom stereocenters. The van der Waals surface area contributed by atoms with Gasteiger partial charge < -0.3 is 4.57 Å². The Balaban J connectivity index is 1.14. The largest absolute Gasteiger partial charge is 0.309 e. The fourth-order valence-corrected chi connectivity index (χ4v) is 7.72. The summed E-state index contributed by atoms with van der Waals surface area (Å²) in [6.07, 6.45) is 0. The van der Waals surface area contributed by atoms with E-state index in [1.807, 2.05) is 12.1 Å². The Bertz CT molecular complexity index is 2730. The van der Waals surface area contributed by atoms with Crippen LogP contribution in [0.2, 0.25) is 0 Å². The van der Waals surface area contributed by atoms with Gasteiger partial charge in [0.15, 0.2) is 0 Å². The highest BCUT2D eigenvalue weighted by atomic mass is 15.0. The summed E-state index contributed by atoms with van der Waals surface area (Å²) < 4.78 is 2.32. The van der Waals surface area contributed by atoms with Gasteiger partial charge in [-0.2, -0.15) is 5.26 Å². The molecule has 0 radical (unpaired) electrons. The molecule has 1 aromatic heterocycles. The summed E-state index contributed by atoms with van der Waals surface area (Å²) in [7, 11) is 0. The fraction of sp³-hybridized carbons (Fsp3) is 0. The van der Waals surface area contributed by atoms with Crippen molar-refractivity contribution >= 4 is 64.9 Å². The van der Waals surface area contributed by atoms with Crippen molar-refractivity contribution in [2.45, 2.75) is 0 Å². The van der Waals surface area contributed by atoms with Crippen LogP contribution in [0.1, 0.15) is 5.56 Å². The van der Waals surface area contributed by atoms with Crippen molar-refractivity contribution in [2.75, 3.05) is 0 Å². The molecule has 206 valence electrons. The maximum absolute atomic E-state index is 9.92. The standard InChI is InChI=1S/C43H24N2/c44-25-32-17-21-38-42-36(32)18-19-37-35(20-22-39(43(37)42)45(38)34-7-2-1-3-8-34)27-11-9-26(10-12-27)33-23-30-15-13-28-5-4-6-29-14-16-31(24-33)41(30)40(28)29/h1-24H. The van der Waals surface area contributed by atoms with Crippen LogP contribution >= 0.6 is 0 Å². The zero-order valence-electron chi connectivity index (χ0n) is 24.3. The van der Waals surface area contributed by atoms with Crippen molar-refractivity contribution in [2.24, 2.45) is 0 Å². The van der Waals surface area contributed by atoms with Crippen LogP contribution in [0.5, 0.6) is 0 Å². The molecular weight excluding hydrogens is 544 g/mol. The molecule has 0 amide bonds. The van der Waals surface area contributed by atoms with E-state index in [2.05, 4.69) is 144 Å². The SMILES string of the molecule is N#Cc1ccc2c3c1ccc1c(-c4ccc(-c5cc6ccc7cccc8ccc(c5)c6c78)cc4)ccc(c13)n2-c1ccccc1. The summed E-state index contributed by atoms with van der Waals surface area (Å²) in [6.45, 7) is 0. The Labute approximate surface area is 259 Å². The van der Waals surface area contributed by atoms with Crippen LogP contribution in [0.25, 0.3) is 92.8 Å². The molecule has 2 nitrogen and oxygen atoms in total. The van der Waals surface area contributed by atoms with Gasteiger partial charge in [-0.05, 0) is 102 Å². The van der Waals surface area contributed by atoms with Gasteiger partial charge in [0, 0.05) is 21.8 Å². The molecule has 0 fully saturated rings. The minimum Gasteiger partial charge on any atom is -0.309 e. The molecule has 9 aromatic carbocycles. The van der Waals surface area contributed by atoms with Crippen LogP contribution in [0.4, 0.5) is 0 Å². The van der Waals surface area contributed by atoms with Crippen LogP contribution in [-0.2, 0) is 0 Å². The summed E-state index contributed by atoms with van der Waals surface area (Å²) in [5.41, 5.74) is 8.91. The Kier molecular flexibility index (Phi) is 4.82. The Morgan fingerprint density at radius 3 is 1.73 bits per heavy atom. The zero-order valence-corrected chi connectivity index (χ0v) is 24.3. The van der Waals surface area contributed by atoms with E-state index >= 15 is 0 Å². The molecule has 0 saturated carbocycles. The molecule has 45 heavy (non-hydrogen) atoms. The van der Waals surface area contributed by atoms with Crippen molar-refractivity contribution in [1.29, 1.82) is 5.26 Å². The topological polar surface area (TPSA) is 28.7 Å². The van der Waals surface area contributed by atoms with Gasteiger partial charge in [0.1, 0.15) is 0 Å². The van der Waals surface area contributed by atoms with Gasteiger partial charge >= 0.3 is 0 Å². The number of aromatic nitrogens is 1. The minimum atomic E-state index is 0.708. The van der Waals surface area contributed by atoms with Crippen LogP contribution in [0, 0.1) is 11.3 Å². The summed E-state index contributed by atoms with van der Waals surface area (Å²) >= 11 is 0. The molecule has 0 saturated heterocycles. The predicted octanol–water partition coefficient (Wildman–Crippen LogP) is 11.5. The second-order valence-electron chi connectivity index (χ2n) is 12.0. The molecular formula is C43H24N2. The Hall–Kier alpha value is -6.17. The number of benzene rings is 9. The highest BCUT2D eigenvalue weighted by molar-refractivity contribution is 6.27. The van der Waals surface area contributed by atoms with Gasteiger partial charge in [-0.15, -0.1) is 0 Å². The first-order valence-corrected chi connectivity index (χ1v) is 15.3. The van der Waals surface area contributed by atoms with Crippen molar-refractivity contribution in [1.82, 2.24) is 4.57 Å². The minimum absolute atomic E-state index is 0.708. The lowest BCUT2D eigenvalue weighted by atomic mass is 9.90. The molecule has 10 rings (SSSR count). The summed E-state index contributed by atoms with van der Waals surface area (Å²) in [5.74, 6) is 0. The smallest absolute Gasteiger partial charge is 0.0998 e. The third-order valence-corrected chi connectivity index (χ3v) is 9.72. The van der Waals surface area contributed by atoms with Gasteiger partial charge in [0.2, 0.25) is 0 Å². The molecule has 0 atom stereocenters. The van der Waals surface area contributed by atoms with E-state index in [4.69, 9.17) is 0 Å². The van der Waals surface area contributed by atoms with Gasteiger partial charge in [-0.1, -0.05) is 103 Å². The van der Waals surface area contributed by atoms with Crippen molar-refractivity contribution < 1.29 is 0 Å². The van der Waals surface area contributed by atoms with Gasteiger partial charge in [-0.25, -0.2) is 0 Å². The lowest BCUT2D eigenvalue weighted by Gasteiger charge is -2.13. The van der Waals surface area contributed by atoms with E-state index in [9.17, 15) is 5.26 Å². The van der Waals surface area contributed by atoms with E-state index in [0.29, 0.717) is 5.56 Å². The zero-order chi connectivity index (χ0) is 29.6. The van der Waals surface area contributed by atoms with Crippen LogP contribution in [0.3, 0.4) is 0 Å². The van der Waals surface area contributed by atoms with Crippen LogP contribution in [-0.4, -0.2) is 4.57 Å². The summed E-state index contributed by atoms with van der Waals surface area (Å²) in [4.78, 5) is 0. The van der Waals surface area contributed by atoms with E-state index in [1.54, 1.807) is 0 Å². The summed E-state index contributed by atoms with van der Waals surface area (Å²) in [6, 6.07) is 54.9. The third-order valence-electron chi connectivity index (χ3n) is 9.72. The molecule has 0 aliphatic heterocycles. The van der Waals surface area contributed by atoms with E-state index in [1.165, 1.54) is 65.3 Å². The Morgan fingerprint density at radius 1 is 0.422 bits per heavy atom. The van der Waals surface area contributed by atoms with Crippen LogP contribution < -0.4 is 0 Å². The first kappa shape index (κ1) is 24.3. The molecule has 1 heterocycles. The van der Waals surface area contributed by atoms with E-state index in [0.717, 1.165) is 27.5 Å². The lowest BCUT2D eigenvalue weighted by Crippen LogP contribution is -1.93. The second-order valence-corrected chi connectivity index (χ2v) is 12.0. The first-order chi connectivity index (χ1) is 22.3. The molecule has 0 spiro atoms. The van der Waals surface area contributed by atoms with Crippen molar-refractivity contribution in [3.8, 4) is 34.0 Å². The lowest BCUT2D eigenvalue weighted by molar-refractivity contribution is 1.18. The molecule has 0 aliphatic carbocycles. The van der Waals surface area contributed by atoms with Crippen LogP contribution in [0.15, 0.2) is 146 Å². The molecule has 0 N–H and O–H groups in total. The predicted molar refractivity (Wildman–Crippen MR) is 189 cm³/mol. The van der Waals surface area contributed by atoms with Gasteiger partial charge in [-0.3, -0.25) is 0 Å². The Morgan fingerprint density at radius 2 is 1.02 bits per heavy atom. The number of nitrogens with zero attached hydrogens (tertiary/aromatic N) is 2. The summed E-state index contributed by atoms with van der Waals surface area (Å²) in [5, 5.41) is 22.3. The molecule has 10 aromatic rings. The second kappa shape index (κ2) is 8.92. The number of rotatable bonds is 3. The molecule has 0 aliphatic rings. The normalized spacial score (nSPS) is 12.0. The highest BCUT2D eigenvalue weighted by Crippen LogP contribution is 2.44. The van der Waals surface area contributed by atoms with Gasteiger partial charge in [0.05, 0.1) is 22.7 Å². The van der Waals surface area contributed by atoms with Crippen molar-refractivity contribution in [3.05, 3.63) is 151 Å². The quantitative estimate of drug-likeness (QED) is 0.195. The van der Waals surface area contributed by atoms with Crippen molar-refractivity contribution in [3.63, 3.8) is 0 Å².